The highest BCUT2D eigenvalue weighted by atomic mass is 35.5. The minimum Gasteiger partial charge on any atom is -0.490 e. The molecule has 0 radical (unpaired) electrons. The summed E-state index contributed by atoms with van der Waals surface area (Å²) < 4.78 is 17.9. The van der Waals surface area contributed by atoms with Crippen molar-refractivity contribution < 1.29 is 24.1 Å². The molecule has 1 N–H and O–H groups in total. The summed E-state index contributed by atoms with van der Waals surface area (Å²) >= 11 is 6.35. The lowest BCUT2D eigenvalue weighted by molar-refractivity contribution is 0.0381. The SMILES string of the molecule is CC(C)(C)n1cc(C(=O)O)c(=O)c2cc(OCCOCCOCCC#N)c(Cl)cc21. The summed E-state index contributed by atoms with van der Waals surface area (Å²) in [5.41, 5.74) is -0.846. The van der Waals surface area contributed by atoms with Crippen molar-refractivity contribution in [1.29, 1.82) is 5.26 Å². The van der Waals surface area contributed by atoms with E-state index < -0.39 is 16.9 Å². The van der Waals surface area contributed by atoms with Crippen LogP contribution in [-0.4, -0.2) is 48.7 Å². The number of carboxylic acids is 1. The number of rotatable bonds is 10. The standard InChI is InChI=1S/C21H25ClN2O6/c1-21(2,3)24-13-15(20(26)27)19(25)14-11-18(16(22)12-17(14)24)30-10-9-29-8-7-28-6-4-5-23/h11-13H,4,6-10H2,1-3H3,(H,26,27). The molecule has 2 aromatic rings. The minimum atomic E-state index is -1.29. The van der Waals surface area contributed by atoms with Crippen molar-refractivity contribution in [2.24, 2.45) is 0 Å². The van der Waals surface area contributed by atoms with E-state index >= 15 is 0 Å². The zero-order chi connectivity index (χ0) is 22.3. The molecule has 0 aliphatic rings. The molecule has 30 heavy (non-hydrogen) atoms. The molecule has 0 atom stereocenters. The second kappa shape index (κ2) is 10.4. The van der Waals surface area contributed by atoms with Crippen LogP contribution in [0.25, 0.3) is 10.9 Å². The Hall–Kier alpha value is -2.60. The summed E-state index contributed by atoms with van der Waals surface area (Å²) in [7, 11) is 0. The van der Waals surface area contributed by atoms with Crippen LogP contribution in [0.2, 0.25) is 5.02 Å². The second-order valence-electron chi connectivity index (χ2n) is 7.50. The van der Waals surface area contributed by atoms with Crippen molar-refractivity contribution in [3.63, 3.8) is 0 Å². The quantitative estimate of drug-likeness (QED) is 0.568. The van der Waals surface area contributed by atoms with Gasteiger partial charge in [0.15, 0.2) is 0 Å². The van der Waals surface area contributed by atoms with Crippen LogP contribution in [0.1, 0.15) is 37.6 Å². The number of aromatic carboxylic acids is 1. The number of fused-ring (bicyclic) bond motifs is 1. The van der Waals surface area contributed by atoms with Gasteiger partial charge in [0.1, 0.15) is 17.9 Å². The largest absolute Gasteiger partial charge is 0.490 e. The minimum absolute atomic E-state index is 0.190. The summed E-state index contributed by atoms with van der Waals surface area (Å²) in [6, 6.07) is 5.06. The second-order valence-corrected chi connectivity index (χ2v) is 7.91. The molecule has 0 aliphatic carbocycles. The summed E-state index contributed by atoms with van der Waals surface area (Å²) in [4.78, 5) is 24.2. The highest BCUT2D eigenvalue weighted by Gasteiger charge is 2.22. The molecule has 0 unspecified atom stereocenters. The zero-order valence-electron chi connectivity index (χ0n) is 17.2. The van der Waals surface area contributed by atoms with Gasteiger partial charge in [0.25, 0.3) is 0 Å². The summed E-state index contributed by atoms with van der Waals surface area (Å²) in [6.45, 7) is 7.29. The summed E-state index contributed by atoms with van der Waals surface area (Å²) in [6.07, 6.45) is 1.68. The van der Waals surface area contributed by atoms with Crippen LogP contribution < -0.4 is 10.2 Å². The maximum atomic E-state index is 12.7. The third-order valence-corrected chi connectivity index (χ3v) is 4.52. The number of nitriles is 1. The first kappa shape index (κ1) is 23.7. The first-order valence-corrected chi connectivity index (χ1v) is 9.82. The van der Waals surface area contributed by atoms with Gasteiger partial charge in [-0.05, 0) is 32.9 Å². The Labute approximate surface area is 179 Å². The van der Waals surface area contributed by atoms with Crippen LogP contribution in [-0.2, 0) is 15.0 Å². The number of nitrogens with zero attached hydrogens (tertiary/aromatic N) is 2. The summed E-state index contributed by atoms with van der Waals surface area (Å²) in [5.74, 6) is -1.01. The molecule has 0 aliphatic heterocycles. The zero-order valence-corrected chi connectivity index (χ0v) is 18.0. The molecule has 2 rings (SSSR count). The van der Waals surface area contributed by atoms with Crippen LogP contribution in [0, 0.1) is 11.3 Å². The van der Waals surface area contributed by atoms with E-state index in [0.717, 1.165) is 0 Å². The number of aromatic nitrogens is 1. The molecule has 0 amide bonds. The van der Waals surface area contributed by atoms with Gasteiger partial charge in [-0.2, -0.15) is 5.26 Å². The first-order chi connectivity index (χ1) is 14.2. The maximum Gasteiger partial charge on any atom is 0.341 e. The van der Waals surface area contributed by atoms with Gasteiger partial charge in [-0.1, -0.05) is 11.6 Å². The summed E-state index contributed by atoms with van der Waals surface area (Å²) in [5, 5.41) is 18.4. The number of halogens is 1. The van der Waals surface area contributed by atoms with Crippen molar-refractivity contribution >= 4 is 28.5 Å². The average Bonchev–Trinajstić information content (AvgIpc) is 2.66. The van der Waals surface area contributed by atoms with Crippen LogP contribution >= 0.6 is 11.6 Å². The fourth-order valence-electron chi connectivity index (χ4n) is 2.79. The number of benzene rings is 1. The molecule has 0 bridgehead atoms. The third-order valence-electron chi connectivity index (χ3n) is 4.23. The maximum absolute atomic E-state index is 12.7. The Balaban J connectivity index is 2.16. The van der Waals surface area contributed by atoms with Gasteiger partial charge < -0.3 is 23.9 Å². The molecule has 0 fully saturated rings. The molecule has 0 saturated heterocycles. The molecule has 0 spiro atoms. The number of hydrogen-bond acceptors (Lipinski definition) is 6. The van der Waals surface area contributed by atoms with Crippen molar-refractivity contribution in [3.05, 3.63) is 39.1 Å². The van der Waals surface area contributed by atoms with E-state index in [1.165, 1.54) is 12.3 Å². The molecular formula is C21H25ClN2O6. The van der Waals surface area contributed by atoms with Gasteiger partial charge in [-0.15, -0.1) is 0 Å². The van der Waals surface area contributed by atoms with Crippen molar-refractivity contribution in [2.45, 2.75) is 32.7 Å². The van der Waals surface area contributed by atoms with Crippen LogP contribution in [0.5, 0.6) is 5.75 Å². The lowest BCUT2D eigenvalue weighted by atomic mass is 10.0. The van der Waals surface area contributed by atoms with Crippen molar-refractivity contribution in [1.82, 2.24) is 4.57 Å². The molecule has 162 valence electrons. The van der Waals surface area contributed by atoms with E-state index in [4.69, 9.17) is 31.1 Å². The lowest BCUT2D eigenvalue weighted by Crippen LogP contribution is -2.27. The van der Waals surface area contributed by atoms with Crippen LogP contribution in [0.4, 0.5) is 0 Å². The highest BCUT2D eigenvalue weighted by molar-refractivity contribution is 6.32. The number of ether oxygens (including phenoxy) is 3. The van der Waals surface area contributed by atoms with Gasteiger partial charge in [0.2, 0.25) is 5.43 Å². The topological polar surface area (TPSA) is 111 Å². The number of hydrogen-bond donors (Lipinski definition) is 1. The number of pyridine rings is 1. The smallest absolute Gasteiger partial charge is 0.341 e. The van der Waals surface area contributed by atoms with Gasteiger partial charge in [-0.25, -0.2) is 4.79 Å². The molecule has 1 aromatic carbocycles. The monoisotopic (exact) mass is 436 g/mol. The van der Waals surface area contributed by atoms with Crippen LogP contribution in [0.15, 0.2) is 23.1 Å². The van der Waals surface area contributed by atoms with Gasteiger partial charge >= 0.3 is 5.97 Å². The van der Waals surface area contributed by atoms with Crippen molar-refractivity contribution in [3.8, 4) is 11.8 Å². The number of carboxylic acid groups (broad SMARTS) is 1. The van der Waals surface area contributed by atoms with Gasteiger partial charge in [0.05, 0.1) is 54.8 Å². The predicted octanol–water partition coefficient (Wildman–Crippen LogP) is 3.43. The van der Waals surface area contributed by atoms with E-state index in [0.29, 0.717) is 36.8 Å². The highest BCUT2D eigenvalue weighted by Crippen LogP contribution is 2.31. The predicted molar refractivity (Wildman–Crippen MR) is 113 cm³/mol. The first-order valence-electron chi connectivity index (χ1n) is 9.44. The number of carbonyl (C=O) groups is 1. The Morgan fingerprint density at radius 3 is 2.40 bits per heavy atom. The molecule has 0 saturated carbocycles. The van der Waals surface area contributed by atoms with E-state index in [-0.39, 0.29) is 29.9 Å². The average molecular weight is 437 g/mol. The third kappa shape index (κ3) is 5.95. The Morgan fingerprint density at radius 1 is 1.17 bits per heavy atom. The molecule has 9 heteroatoms. The van der Waals surface area contributed by atoms with E-state index in [9.17, 15) is 14.7 Å². The Kier molecular flexibility index (Phi) is 8.24. The molecule has 1 heterocycles. The van der Waals surface area contributed by atoms with Crippen LogP contribution in [0.3, 0.4) is 0 Å². The fraction of sp³-hybridized carbons (Fsp3) is 0.476. The molecule has 8 nitrogen and oxygen atoms in total. The Morgan fingerprint density at radius 2 is 1.80 bits per heavy atom. The van der Waals surface area contributed by atoms with E-state index in [1.54, 1.807) is 10.6 Å². The molecule has 1 aromatic heterocycles. The van der Waals surface area contributed by atoms with Crippen molar-refractivity contribution in [2.75, 3.05) is 33.0 Å². The van der Waals surface area contributed by atoms with E-state index in [2.05, 4.69) is 0 Å². The van der Waals surface area contributed by atoms with E-state index in [1.807, 2.05) is 26.8 Å². The Bertz CT molecular complexity index is 1000. The fourth-order valence-corrected chi connectivity index (χ4v) is 3.01. The molecular weight excluding hydrogens is 412 g/mol. The lowest BCUT2D eigenvalue weighted by Gasteiger charge is -2.26. The van der Waals surface area contributed by atoms with Gasteiger partial charge in [-0.3, -0.25) is 4.79 Å². The normalized spacial score (nSPS) is 11.4. The van der Waals surface area contributed by atoms with Gasteiger partial charge in [0, 0.05) is 11.7 Å².